The van der Waals surface area contributed by atoms with Gasteiger partial charge in [0, 0.05) is 29.9 Å². The molecule has 1 aliphatic heterocycles. The minimum Gasteiger partial charge on any atom is -0.351 e. The summed E-state index contributed by atoms with van der Waals surface area (Å²) in [6.07, 6.45) is 8.88. The van der Waals surface area contributed by atoms with Crippen LogP contribution in [-0.4, -0.2) is 36.4 Å². The van der Waals surface area contributed by atoms with Crippen LogP contribution in [0.2, 0.25) is 0 Å². The van der Waals surface area contributed by atoms with E-state index < -0.39 is 15.9 Å². The van der Waals surface area contributed by atoms with Gasteiger partial charge in [0.2, 0.25) is 0 Å². The molecule has 0 bridgehead atoms. The number of pyridine rings is 2. The zero-order valence-electron chi connectivity index (χ0n) is 22.2. The van der Waals surface area contributed by atoms with E-state index in [0.717, 1.165) is 18.7 Å². The van der Waals surface area contributed by atoms with Gasteiger partial charge in [-0.2, -0.15) is 8.42 Å². The first-order chi connectivity index (χ1) is 17.0. The maximum Gasteiger partial charge on any atom is 0.281 e. The van der Waals surface area contributed by atoms with E-state index in [2.05, 4.69) is 54.2 Å². The van der Waals surface area contributed by atoms with Gasteiger partial charge in [-0.25, -0.2) is 14.7 Å². The minimum absolute atomic E-state index is 0.128. The monoisotopic (exact) mass is 512 g/mol. The quantitative estimate of drug-likeness (QED) is 0.524. The molecule has 1 aliphatic carbocycles. The molecule has 2 aromatic rings. The van der Waals surface area contributed by atoms with Crippen molar-refractivity contribution in [1.82, 2.24) is 14.7 Å². The van der Waals surface area contributed by atoms with Crippen LogP contribution in [0.3, 0.4) is 0 Å². The summed E-state index contributed by atoms with van der Waals surface area (Å²) in [6, 6.07) is 8.34. The lowest BCUT2D eigenvalue weighted by molar-refractivity contribution is 0.0981. The number of sulfonamides is 1. The number of nitrogens with one attached hydrogen (secondary N) is 1. The van der Waals surface area contributed by atoms with Gasteiger partial charge in [-0.05, 0) is 62.3 Å². The molecule has 3 heterocycles. The van der Waals surface area contributed by atoms with Crippen LogP contribution in [0.15, 0.2) is 41.6 Å². The summed E-state index contributed by atoms with van der Waals surface area (Å²) in [5.74, 6) is 1.45. The van der Waals surface area contributed by atoms with Gasteiger partial charge < -0.3 is 4.90 Å². The van der Waals surface area contributed by atoms with Crippen molar-refractivity contribution in [3.63, 3.8) is 0 Å². The minimum atomic E-state index is -4.15. The smallest absolute Gasteiger partial charge is 0.281 e. The second kappa shape index (κ2) is 10.5. The molecule has 7 nitrogen and oxygen atoms in total. The van der Waals surface area contributed by atoms with E-state index >= 15 is 0 Å². The first-order valence-electron chi connectivity index (χ1n) is 13.3. The number of rotatable bonds is 7. The van der Waals surface area contributed by atoms with Crippen molar-refractivity contribution in [2.75, 3.05) is 11.4 Å². The summed E-state index contributed by atoms with van der Waals surface area (Å²) < 4.78 is 28.7. The van der Waals surface area contributed by atoms with Crippen LogP contribution < -0.4 is 9.62 Å². The highest BCUT2D eigenvalue weighted by Gasteiger charge is 2.39. The average molecular weight is 513 g/mol. The maximum absolute atomic E-state index is 13.3. The van der Waals surface area contributed by atoms with Crippen molar-refractivity contribution < 1.29 is 13.2 Å². The number of hydrogen-bond acceptors (Lipinski definition) is 6. The summed E-state index contributed by atoms with van der Waals surface area (Å²) in [7, 11) is -4.15. The van der Waals surface area contributed by atoms with Crippen LogP contribution in [0, 0.1) is 17.8 Å². The van der Waals surface area contributed by atoms with Crippen molar-refractivity contribution in [2.24, 2.45) is 17.8 Å². The predicted octanol–water partition coefficient (Wildman–Crippen LogP) is 5.54. The molecule has 2 unspecified atom stereocenters. The summed E-state index contributed by atoms with van der Waals surface area (Å²) in [5.41, 5.74) is 0.819. The van der Waals surface area contributed by atoms with Crippen LogP contribution in [0.5, 0.6) is 0 Å². The fourth-order valence-electron chi connectivity index (χ4n) is 6.15. The fraction of sp³-hybridized carbons (Fsp3) is 0.607. The Morgan fingerprint density at radius 2 is 1.83 bits per heavy atom. The molecule has 1 saturated heterocycles. The lowest BCUT2D eigenvalue weighted by Gasteiger charge is -2.33. The highest BCUT2D eigenvalue weighted by Crippen LogP contribution is 2.38. The van der Waals surface area contributed by atoms with E-state index in [-0.39, 0.29) is 22.0 Å². The molecule has 2 aromatic heterocycles. The molecule has 0 aromatic carbocycles. The summed E-state index contributed by atoms with van der Waals surface area (Å²) in [4.78, 5) is 24.3. The van der Waals surface area contributed by atoms with E-state index in [4.69, 9.17) is 0 Å². The Morgan fingerprint density at radius 1 is 1.11 bits per heavy atom. The SMILES string of the molecule is CC1CN(c2ncccc2C(=O)NS(=O)(=O)c2cccc(C(C)[C@@H](C)C3CCCCC3)n2)C(C)(C)C1. The second-order valence-corrected chi connectivity index (χ2v) is 13.1. The van der Waals surface area contributed by atoms with Gasteiger partial charge in [-0.3, -0.25) is 4.79 Å². The predicted molar refractivity (Wildman–Crippen MR) is 142 cm³/mol. The van der Waals surface area contributed by atoms with E-state index in [1.807, 2.05) is 6.07 Å². The van der Waals surface area contributed by atoms with Crippen molar-refractivity contribution in [3.8, 4) is 0 Å². The molecule has 36 heavy (non-hydrogen) atoms. The van der Waals surface area contributed by atoms with Crippen LogP contribution in [0.25, 0.3) is 0 Å². The molecule has 1 N–H and O–H groups in total. The number of hydrogen-bond donors (Lipinski definition) is 1. The van der Waals surface area contributed by atoms with Gasteiger partial charge in [0.05, 0.1) is 5.56 Å². The lowest BCUT2D eigenvalue weighted by Crippen LogP contribution is -2.41. The van der Waals surface area contributed by atoms with Crippen LogP contribution in [0.4, 0.5) is 5.82 Å². The number of carbonyl (C=O) groups excluding carboxylic acids is 1. The third-order valence-corrected chi connectivity index (χ3v) is 9.49. The summed E-state index contributed by atoms with van der Waals surface area (Å²) in [5, 5.41) is -0.128. The molecule has 0 spiro atoms. The molecule has 3 atom stereocenters. The van der Waals surface area contributed by atoms with E-state index in [1.54, 1.807) is 24.4 Å². The Kier molecular flexibility index (Phi) is 7.74. The summed E-state index contributed by atoms with van der Waals surface area (Å²) in [6.45, 7) is 11.5. The lowest BCUT2D eigenvalue weighted by atomic mass is 9.74. The molecule has 2 fully saturated rings. The molecule has 196 valence electrons. The van der Waals surface area contributed by atoms with Gasteiger partial charge >= 0.3 is 0 Å². The Balaban J connectivity index is 1.54. The number of nitrogens with zero attached hydrogens (tertiary/aromatic N) is 3. The third-order valence-electron chi connectivity index (χ3n) is 8.26. The van der Waals surface area contributed by atoms with E-state index in [0.29, 0.717) is 23.6 Å². The van der Waals surface area contributed by atoms with Gasteiger partial charge in [0.25, 0.3) is 15.9 Å². The van der Waals surface area contributed by atoms with Crippen LogP contribution in [-0.2, 0) is 10.0 Å². The van der Waals surface area contributed by atoms with Gasteiger partial charge in [0.15, 0.2) is 5.03 Å². The molecule has 4 rings (SSSR count). The molecule has 1 saturated carbocycles. The Hall–Kier alpha value is -2.48. The van der Waals surface area contributed by atoms with Gasteiger partial charge in [0.1, 0.15) is 5.82 Å². The second-order valence-electron chi connectivity index (χ2n) is 11.5. The van der Waals surface area contributed by atoms with E-state index in [1.165, 1.54) is 38.2 Å². The first kappa shape index (κ1) is 26.6. The molecule has 1 amide bonds. The zero-order chi connectivity index (χ0) is 26.1. The molecular weight excluding hydrogens is 472 g/mol. The topological polar surface area (TPSA) is 92.3 Å². The maximum atomic E-state index is 13.3. The largest absolute Gasteiger partial charge is 0.351 e. The van der Waals surface area contributed by atoms with Crippen LogP contribution >= 0.6 is 0 Å². The third kappa shape index (κ3) is 5.58. The standard InChI is InChI=1S/C28H40N4O3S/c1-19-17-28(4,5)32(18-19)26-23(13-10-16-29-26)27(33)31-36(34,35)25-15-9-14-24(30-25)21(3)20(2)22-11-7-6-8-12-22/h9-10,13-16,19-22H,6-8,11-12,17-18H2,1-5H3,(H,31,33)/t19?,20-,21?/m1/s1. The molecular formula is C28H40N4O3S. The van der Waals surface area contributed by atoms with Gasteiger partial charge in [-0.15, -0.1) is 0 Å². The van der Waals surface area contributed by atoms with Gasteiger partial charge in [-0.1, -0.05) is 58.9 Å². The number of aromatic nitrogens is 2. The Labute approximate surface area is 216 Å². The number of amides is 1. The Bertz CT molecular complexity index is 1190. The Morgan fingerprint density at radius 3 is 2.50 bits per heavy atom. The van der Waals surface area contributed by atoms with Crippen molar-refractivity contribution in [3.05, 3.63) is 47.8 Å². The van der Waals surface area contributed by atoms with E-state index in [9.17, 15) is 13.2 Å². The normalized spacial score (nSPS) is 22.2. The van der Waals surface area contributed by atoms with Crippen LogP contribution in [0.1, 0.15) is 95.1 Å². The highest BCUT2D eigenvalue weighted by atomic mass is 32.2. The molecule has 0 radical (unpaired) electrons. The molecule has 8 heteroatoms. The van der Waals surface area contributed by atoms with Crippen molar-refractivity contribution >= 4 is 21.7 Å². The fourth-order valence-corrected chi connectivity index (χ4v) is 7.09. The van der Waals surface area contributed by atoms with Crippen molar-refractivity contribution in [2.45, 2.75) is 89.6 Å². The number of carbonyl (C=O) groups is 1. The average Bonchev–Trinajstić information content (AvgIpc) is 3.14. The summed E-state index contributed by atoms with van der Waals surface area (Å²) >= 11 is 0. The molecule has 2 aliphatic rings. The number of anilines is 1. The highest BCUT2D eigenvalue weighted by molar-refractivity contribution is 7.90. The van der Waals surface area contributed by atoms with Crippen molar-refractivity contribution in [1.29, 1.82) is 0 Å². The zero-order valence-corrected chi connectivity index (χ0v) is 23.0. The first-order valence-corrected chi connectivity index (χ1v) is 14.7.